The van der Waals surface area contributed by atoms with Gasteiger partial charge in [0, 0.05) is 12.1 Å². The van der Waals surface area contributed by atoms with Crippen molar-refractivity contribution in [1.29, 1.82) is 0 Å². The molecule has 0 radical (unpaired) electrons. The lowest BCUT2D eigenvalue weighted by atomic mass is 10.1. The summed E-state index contributed by atoms with van der Waals surface area (Å²) < 4.78 is 5.00. The number of carbonyl (C=O) groups is 2. The Kier molecular flexibility index (Phi) is 5.74. The highest BCUT2D eigenvalue weighted by Gasteiger charge is 2.13. The molecule has 2 aromatic carbocycles. The molecule has 0 fully saturated rings. The Balaban J connectivity index is 2.28. The predicted octanol–water partition coefficient (Wildman–Crippen LogP) is 3.55. The third-order valence-electron chi connectivity index (χ3n) is 3.18. The Labute approximate surface area is 135 Å². The molecule has 0 bridgehead atoms. The molecule has 0 aliphatic heterocycles. The van der Waals surface area contributed by atoms with Crippen LogP contribution in [0.1, 0.15) is 34.6 Å². The SMILES string of the molecule is CCNc1ccc(C(=O)OCC)cc1NC(=O)c1ccccc1. The summed E-state index contributed by atoms with van der Waals surface area (Å²) in [6, 6.07) is 14.0. The first-order valence-corrected chi connectivity index (χ1v) is 7.57. The van der Waals surface area contributed by atoms with Crippen LogP contribution in [0.2, 0.25) is 0 Å². The second-order valence-corrected chi connectivity index (χ2v) is 4.83. The summed E-state index contributed by atoms with van der Waals surface area (Å²) in [6.45, 7) is 4.72. The van der Waals surface area contributed by atoms with Crippen molar-refractivity contribution in [3.63, 3.8) is 0 Å². The van der Waals surface area contributed by atoms with E-state index in [2.05, 4.69) is 10.6 Å². The van der Waals surface area contributed by atoms with Gasteiger partial charge < -0.3 is 15.4 Å². The zero-order valence-electron chi connectivity index (χ0n) is 13.3. The van der Waals surface area contributed by atoms with Crippen LogP contribution in [0.4, 0.5) is 11.4 Å². The molecular weight excluding hydrogens is 292 g/mol. The first kappa shape index (κ1) is 16.5. The summed E-state index contributed by atoms with van der Waals surface area (Å²) >= 11 is 0. The fourth-order valence-electron chi connectivity index (χ4n) is 2.12. The molecule has 0 spiro atoms. The molecule has 120 valence electrons. The minimum atomic E-state index is -0.411. The largest absolute Gasteiger partial charge is 0.462 e. The summed E-state index contributed by atoms with van der Waals surface area (Å²) in [4.78, 5) is 24.2. The Morgan fingerprint density at radius 3 is 2.35 bits per heavy atom. The zero-order chi connectivity index (χ0) is 16.7. The number of hydrogen-bond donors (Lipinski definition) is 2. The van der Waals surface area contributed by atoms with Gasteiger partial charge in [0.1, 0.15) is 0 Å². The number of ether oxygens (including phenoxy) is 1. The van der Waals surface area contributed by atoms with Gasteiger partial charge in [-0.3, -0.25) is 4.79 Å². The fourth-order valence-corrected chi connectivity index (χ4v) is 2.12. The molecule has 5 nitrogen and oxygen atoms in total. The third kappa shape index (κ3) is 4.32. The van der Waals surface area contributed by atoms with Gasteiger partial charge >= 0.3 is 5.97 Å². The van der Waals surface area contributed by atoms with E-state index in [1.54, 1.807) is 49.4 Å². The highest BCUT2D eigenvalue weighted by Crippen LogP contribution is 2.24. The predicted molar refractivity (Wildman–Crippen MR) is 91.0 cm³/mol. The van der Waals surface area contributed by atoms with Crippen LogP contribution in [0.15, 0.2) is 48.5 Å². The van der Waals surface area contributed by atoms with Gasteiger partial charge in [0.2, 0.25) is 0 Å². The van der Waals surface area contributed by atoms with Gasteiger partial charge in [-0.1, -0.05) is 18.2 Å². The topological polar surface area (TPSA) is 67.4 Å². The van der Waals surface area contributed by atoms with Crippen molar-refractivity contribution in [2.75, 3.05) is 23.8 Å². The molecule has 2 N–H and O–H groups in total. The molecule has 2 aromatic rings. The van der Waals surface area contributed by atoms with E-state index in [0.29, 0.717) is 30.0 Å². The summed E-state index contributed by atoms with van der Waals surface area (Å²) in [5.41, 5.74) is 2.25. The average Bonchev–Trinajstić information content (AvgIpc) is 2.57. The number of carbonyl (C=O) groups excluding carboxylic acids is 2. The highest BCUT2D eigenvalue weighted by molar-refractivity contribution is 6.06. The summed E-state index contributed by atoms with van der Waals surface area (Å²) in [5, 5.41) is 6.00. The van der Waals surface area contributed by atoms with Gasteiger partial charge in [0.15, 0.2) is 0 Å². The Hall–Kier alpha value is -2.82. The Bertz CT molecular complexity index is 684. The van der Waals surface area contributed by atoms with Crippen LogP contribution >= 0.6 is 0 Å². The van der Waals surface area contributed by atoms with Crippen molar-refractivity contribution < 1.29 is 14.3 Å². The van der Waals surface area contributed by atoms with Gasteiger partial charge in [-0.15, -0.1) is 0 Å². The van der Waals surface area contributed by atoms with Gasteiger partial charge in [-0.25, -0.2) is 4.79 Å². The third-order valence-corrected chi connectivity index (χ3v) is 3.18. The Morgan fingerprint density at radius 2 is 1.70 bits per heavy atom. The van der Waals surface area contributed by atoms with Gasteiger partial charge in [0.25, 0.3) is 5.91 Å². The number of amides is 1. The maximum absolute atomic E-state index is 12.3. The molecule has 0 heterocycles. The molecule has 0 saturated heterocycles. The summed E-state index contributed by atoms with van der Waals surface area (Å²) in [5.74, 6) is -0.642. The van der Waals surface area contributed by atoms with Crippen LogP contribution in [0.3, 0.4) is 0 Å². The molecule has 0 aliphatic carbocycles. The quantitative estimate of drug-likeness (QED) is 0.801. The smallest absolute Gasteiger partial charge is 0.338 e. The minimum absolute atomic E-state index is 0.231. The van der Waals surface area contributed by atoms with E-state index in [-0.39, 0.29) is 5.91 Å². The maximum Gasteiger partial charge on any atom is 0.338 e. The molecular formula is C18H20N2O3. The highest BCUT2D eigenvalue weighted by atomic mass is 16.5. The molecule has 0 saturated carbocycles. The van der Waals surface area contributed by atoms with Crippen molar-refractivity contribution in [1.82, 2.24) is 0 Å². The number of hydrogen-bond acceptors (Lipinski definition) is 4. The molecule has 0 aromatic heterocycles. The average molecular weight is 312 g/mol. The van der Waals surface area contributed by atoms with Crippen LogP contribution in [0, 0.1) is 0 Å². The van der Waals surface area contributed by atoms with Crippen LogP contribution in [-0.4, -0.2) is 25.0 Å². The lowest BCUT2D eigenvalue weighted by molar-refractivity contribution is 0.0526. The molecule has 23 heavy (non-hydrogen) atoms. The first-order chi connectivity index (χ1) is 11.2. The second kappa shape index (κ2) is 7.98. The minimum Gasteiger partial charge on any atom is -0.462 e. The molecule has 0 unspecified atom stereocenters. The summed E-state index contributed by atoms with van der Waals surface area (Å²) in [7, 11) is 0. The normalized spacial score (nSPS) is 10.0. The van der Waals surface area contributed by atoms with Crippen molar-refractivity contribution in [2.45, 2.75) is 13.8 Å². The van der Waals surface area contributed by atoms with Crippen molar-refractivity contribution in [2.24, 2.45) is 0 Å². The maximum atomic E-state index is 12.3. The number of benzene rings is 2. The number of rotatable bonds is 6. The van der Waals surface area contributed by atoms with Crippen LogP contribution in [-0.2, 0) is 4.74 Å². The van der Waals surface area contributed by atoms with Gasteiger partial charge in [-0.2, -0.15) is 0 Å². The monoisotopic (exact) mass is 312 g/mol. The van der Waals surface area contributed by atoms with Crippen LogP contribution in [0.25, 0.3) is 0 Å². The first-order valence-electron chi connectivity index (χ1n) is 7.57. The number of anilines is 2. The number of esters is 1. The molecule has 5 heteroatoms. The number of nitrogens with one attached hydrogen (secondary N) is 2. The van der Waals surface area contributed by atoms with Crippen molar-refractivity contribution in [3.8, 4) is 0 Å². The second-order valence-electron chi connectivity index (χ2n) is 4.83. The molecule has 2 rings (SSSR count). The van der Waals surface area contributed by atoms with Crippen molar-refractivity contribution >= 4 is 23.3 Å². The molecule has 1 amide bonds. The van der Waals surface area contributed by atoms with Gasteiger partial charge in [-0.05, 0) is 44.2 Å². The van der Waals surface area contributed by atoms with E-state index in [1.807, 2.05) is 13.0 Å². The molecule has 0 aliphatic rings. The fraction of sp³-hybridized carbons (Fsp3) is 0.222. The lowest BCUT2D eigenvalue weighted by Crippen LogP contribution is -2.15. The standard InChI is InChI=1S/C18H20N2O3/c1-3-19-15-11-10-14(18(22)23-4-2)12-16(15)20-17(21)13-8-6-5-7-9-13/h5-12,19H,3-4H2,1-2H3,(H,20,21). The zero-order valence-corrected chi connectivity index (χ0v) is 13.3. The lowest BCUT2D eigenvalue weighted by Gasteiger charge is -2.13. The van der Waals surface area contributed by atoms with Gasteiger partial charge in [0.05, 0.1) is 23.5 Å². The van der Waals surface area contributed by atoms with E-state index in [1.165, 1.54) is 0 Å². The molecule has 0 atom stereocenters. The van der Waals surface area contributed by atoms with E-state index >= 15 is 0 Å². The van der Waals surface area contributed by atoms with E-state index in [9.17, 15) is 9.59 Å². The van der Waals surface area contributed by atoms with Crippen LogP contribution < -0.4 is 10.6 Å². The van der Waals surface area contributed by atoms with Crippen molar-refractivity contribution in [3.05, 3.63) is 59.7 Å². The summed E-state index contributed by atoms with van der Waals surface area (Å²) in [6.07, 6.45) is 0. The Morgan fingerprint density at radius 1 is 0.957 bits per heavy atom. The van der Waals surface area contributed by atoms with E-state index in [4.69, 9.17) is 4.74 Å². The van der Waals surface area contributed by atoms with E-state index in [0.717, 1.165) is 5.69 Å². The van der Waals surface area contributed by atoms with Crippen LogP contribution in [0.5, 0.6) is 0 Å². The van der Waals surface area contributed by atoms with E-state index < -0.39 is 5.97 Å².